The highest BCUT2D eigenvalue weighted by molar-refractivity contribution is 5.92. The van der Waals surface area contributed by atoms with Crippen molar-refractivity contribution in [2.45, 2.75) is 31.8 Å². The van der Waals surface area contributed by atoms with E-state index < -0.39 is 0 Å². The molecule has 3 fully saturated rings. The second kappa shape index (κ2) is 7.77. The fourth-order valence-electron chi connectivity index (χ4n) is 5.66. The molecule has 1 aromatic carbocycles. The van der Waals surface area contributed by atoms with E-state index in [1.165, 1.54) is 24.5 Å². The second-order valence-corrected chi connectivity index (χ2v) is 9.34. The molecule has 166 valence electrons. The van der Waals surface area contributed by atoms with Gasteiger partial charge in [-0.05, 0) is 73.6 Å². The third kappa shape index (κ3) is 3.78. The van der Waals surface area contributed by atoms with Gasteiger partial charge in [-0.1, -0.05) is 0 Å². The molecule has 3 aliphatic rings. The number of aromatic nitrogens is 3. The Hall–Kier alpha value is -3.60. The van der Waals surface area contributed by atoms with E-state index in [-0.39, 0.29) is 29.4 Å². The number of fused-ring (bicyclic) bond motifs is 2. The van der Waals surface area contributed by atoms with Crippen molar-refractivity contribution in [3.63, 3.8) is 0 Å². The maximum Gasteiger partial charge on any atom is 0.229 e. The number of carbonyl (C=O) groups excluding carboxylic acids is 1. The first-order valence-corrected chi connectivity index (χ1v) is 11.3. The van der Waals surface area contributed by atoms with Crippen molar-refractivity contribution >= 4 is 22.6 Å². The number of rotatable bonds is 6. The van der Waals surface area contributed by atoms with E-state index in [2.05, 4.69) is 20.3 Å². The number of ether oxygens (including phenoxy) is 1. The number of benzene rings is 1. The molecule has 0 bridgehead atoms. The predicted molar refractivity (Wildman–Crippen MR) is 117 cm³/mol. The Morgan fingerprint density at radius 2 is 1.97 bits per heavy atom. The van der Waals surface area contributed by atoms with E-state index in [0.29, 0.717) is 46.1 Å². The van der Waals surface area contributed by atoms with Gasteiger partial charge in [-0.15, -0.1) is 0 Å². The molecule has 3 saturated carbocycles. The first kappa shape index (κ1) is 20.0. The number of nitrogens with one attached hydrogen (secondary N) is 1. The average molecular weight is 443 g/mol. The van der Waals surface area contributed by atoms with Crippen LogP contribution in [0, 0.1) is 46.7 Å². The van der Waals surface area contributed by atoms with Gasteiger partial charge >= 0.3 is 0 Å². The Balaban J connectivity index is 1.12. The summed E-state index contributed by atoms with van der Waals surface area (Å²) >= 11 is 0. The monoisotopic (exact) mass is 443 g/mol. The average Bonchev–Trinajstić information content (AvgIpc) is 3.73. The lowest BCUT2D eigenvalue weighted by atomic mass is 9.91. The molecule has 8 heteroatoms. The summed E-state index contributed by atoms with van der Waals surface area (Å²) < 4.78 is 20.0. The van der Waals surface area contributed by atoms with Gasteiger partial charge in [-0.2, -0.15) is 5.26 Å². The fraction of sp³-hybridized carbons (Fsp3) is 0.400. The maximum atomic E-state index is 13.7. The van der Waals surface area contributed by atoms with Crippen LogP contribution in [-0.2, 0) is 4.79 Å². The second-order valence-electron chi connectivity index (χ2n) is 9.34. The summed E-state index contributed by atoms with van der Waals surface area (Å²) in [4.78, 5) is 25.5. The summed E-state index contributed by atoms with van der Waals surface area (Å²) in [6.07, 6.45) is 8.53. The van der Waals surface area contributed by atoms with Crippen LogP contribution in [0.15, 0.2) is 42.9 Å². The molecular weight excluding hydrogens is 421 g/mol. The fourth-order valence-corrected chi connectivity index (χ4v) is 5.66. The highest BCUT2D eigenvalue weighted by atomic mass is 19.1. The Bertz CT molecular complexity index is 1260. The number of halogens is 1. The van der Waals surface area contributed by atoms with Crippen molar-refractivity contribution in [3.8, 4) is 11.8 Å². The van der Waals surface area contributed by atoms with Crippen molar-refractivity contribution in [1.82, 2.24) is 15.0 Å². The number of anilines is 1. The van der Waals surface area contributed by atoms with E-state index >= 15 is 0 Å². The lowest BCUT2D eigenvalue weighted by Gasteiger charge is -2.22. The Morgan fingerprint density at radius 1 is 1.15 bits per heavy atom. The zero-order valence-corrected chi connectivity index (χ0v) is 17.8. The van der Waals surface area contributed by atoms with Crippen LogP contribution < -0.4 is 10.1 Å². The van der Waals surface area contributed by atoms with Gasteiger partial charge in [0.2, 0.25) is 5.91 Å². The van der Waals surface area contributed by atoms with Gasteiger partial charge in [-0.25, -0.2) is 14.4 Å². The van der Waals surface area contributed by atoms with Gasteiger partial charge < -0.3 is 10.1 Å². The van der Waals surface area contributed by atoms with Crippen molar-refractivity contribution in [3.05, 3.63) is 54.4 Å². The summed E-state index contributed by atoms with van der Waals surface area (Å²) in [7, 11) is 0. The molecule has 0 saturated heterocycles. The van der Waals surface area contributed by atoms with Crippen LogP contribution in [-0.4, -0.2) is 27.0 Å². The molecule has 3 aromatic rings. The summed E-state index contributed by atoms with van der Waals surface area (Å²) in [5, 5.41) is 12.5. The first-order chi connectivity index (χ1) is 16.1. The topological polar surface area (TPSA) is 101 Å². The lowest BCUT2D eigenvalue weighted by Crippen LogP contribution is -2.29. The molecule has 2 heterocycles. The highest BCUT2D eigenvalue weighted by Crippen LogP contribution is 2.64. The summed E-state index contributed by atoms with van der Waals surface area (Å²) in [6, 6.07) is 8.26. The van der Waals surface area contributed by atoms with Crippen molar-refractivity contribution in [1.29, 1.82) is 5.26 Å². The lowest BCUT2D eigenvalue weighted by molar-refractivity contribution is -0.121. The minimum Gasteiger partial charge on any atom is -0.490 e. The molecular formula is C25H22FN5O2. The predicted octanol–water partition coefficient (Wildman–Crippen LogP) is 4.10. The number of hydrogen-bond acceptors (Lipinski definition) is 6. The number of pyridine rings is 1. The largest absolute Gasteiger partial charge is 0.490 e. The van der Waals surface area contributed by atoms with Crippen LogP contribution in [0.25, 0.3) is 10.9 Å². The number of amides is 1. The zero-order valence-electron chi connectivity index (χ0n) is 17.8. The standard InChI is InChI=1S/C25H22FN5O2/c26-14-3-4-20-19(7-14)21(5-6-28-20)33-16-8-17-18(9-16)24(17)23(13-1-2-13)25(32)31-22-12-29-15(10-27)11-30-22/h3-7,11-13,16-18,23-24H,1-2,8-9H2,(H,30,31,32)/t16?,17-,18+,23?,24?. The number of nitrogens with zero attached hydrogens (tertiary/aromatic N) is 4. The summed E-state index contributed by atoms with van der Waals surface area (Å²) in [5.74, 6) is 2.48. The molecule has 6 rings (SSSR count). The first-order valence-electron chi connectivity index (χ1n) is 11.3. The Kier molecular flexibility index (Phi) is 4.72. The van der Waals surface area contributed by atoms with E-state index in [4.69, 9.17) is 10.00 Å². The molecule has 2 aromatic heterocycles. The van der Waals surface area contributed by atoms with E-state index in [1.54, 1.807) is 18.3 Å². The molecule has 0 aliphatic heterocycles. The minimum absolute atomic E-state index is 0.00368. The molecule has 5 atom stereocenters. The van der Waals surface area contributed by atoms with Crippen molar-refractivity contribution in [2.24, 2.45) is 29.6 Å². The molecule has 0 radical (unpaired) electrons. The number of hydrogen-bond donors (Lipinski definition) is 1. The van der Waals surface area contributed by atoms with Gasteiger partial charge in [0.25, 0.3) is 0 Å². The van der Waals surface area contributed by atoms with Crippen LogP contribution >= 0.6 is 0 Å². The number of nitriles is 1. The summed E-state index contributed by atoms with van der Waals surface area (Å²) in [6.45, 7) is 0. The van der Waals surface area contributed by atoms with Crippen LogP contribution in [0.5, 0.6) is 5.75 Å². The number of carbonyl (C=O) groups is 1. The summed E-state index contributed by atoms with van der Waals surface area (Å²) in [5.41, 5.74) is 0.936. The van der Waals surface area contributed by atoms with Gasteiger partial charge in [0, 0.05) is 17.5 Å². The SMILES string of the molecule is N#Cc1cnc(NC(=O)C(C2CC2)C2[C@H]3CC(Oc4ccnc5ccc(F)cc45)C[C@@H]23)cn1. The molecule has 33 heavy (non-hydrogen) atoms. The molecule has 1 N–H and O–H groups in total. The van der Waals surface area contributed by atoms with Crippen molar-refractivity contribution in [2.75, 3.05) is 5.32 Å². The molecule has 3 aliphatic carbocycles. The zero-order chi connectivity index (χ0) is 22.5. The molecule has 3 unspecified atom stereocenters. The van der Waals surface area contributed by atoms with Crippen molar-refractivity contribution < 1.29 is 13.9 Å². The van der Waals surface area contributed by atoms with E-state index in [1.807, 2.05) is 6.07 Å². The third-order valence-electron chi connectivity index (χ3n) is 7.29. The molecule has 7 nitrogen and oxygen atoms in total. The molecule has 1 amide bonds. The third-order valence-corrected chi connectivity index (χ3v) is 7.29. The minimum atomic E-state index is -0.306. The van der Waals surface area contributed by atoms with Gasteiger partial charge in [-0.3, -0.25) is 9.78 Å². The quantitative estimate of drug-likeness (QED) is 0.616. The maximum absolute atomic E-state index is 13.7. The van der Waals surface area contributed by atoms with Gasteiger partial charge in [0.1, 0.15) is 17.6 Å². The van der Waals surface area contributed by atoms with Crippen LogP contribution in [0.1, 0.15) is 31.4 Å². The van der Waals surface area contributed by atoms with Gasteiger partial charge in [0.05, 0.1) is 24.0 Å². The normalized spacial score (nSPS) is 26.3. The van der Waals surface area contributed by atoms with Crippen LogP contribution in [0.4, 0.5) is 10.2 Å². The molecule has 0 spiro atoms. The highest BCUT2D eigenvalue weighted by Gasteiger charge is 2.63. The van der Waals surface area contributed by atoms with Gasteiger partial charge in [0.15, 0.2) is 11.5 Å². The Morgan fingerprint density at radius 3 is 2.67 bits per heavy atom. The van der Waals surface area contributed by atoms with E-state index in [9.17, 15) is 9.18 Å². The Labute approximate surface area is 190 Å². The van der Waals surface area contributed by atoms with Crippen LogP contribution in [0.3, 0.4) is 0 Å². The smallest absolute Gasteiger partial charge is 0.229 e. The van der Waals surface area contributed by atoms with E-state index in [0.717, 1.165) is 25.7 Å². The van der Waals surface area contributed by atoms with Crippen LogP contribution in [0.2, 0.25) is 0 Å².